The van der Waals surface area contributed by atoms with Gasteiger partial charge in [-0.25, -0.2) is 9.78 Å². The van der Waals surface area contributed by atoms with E-state index in [9.17, 15) is 14.7 Å². The van der Waals surface area contributed by atoms with Crippen molar-refractivity contribution in [2.45, 2.75) is 44.9 Å². The smallest absolute Gasteiger partial charge is 0.338 e. The first-order valence-corrected chi connectivity index (χ1v) is 9.66. The Balaban J connectivity index is 1.44. The SMILES string of the molecule is O=C(CCCCCCC1C=CC=CC1)c1ncc(-c2ncccc2C(=O)O)o1. The van der Waals surface area contributed by atoms with E-state index in [0.717, 1.165) is 32.1 Å². The summed E-state index contributed by atoms with van der Waals surface area (Å²) in [6.07, 6.45) is 18.3. The number of oxazole rings is 1. The molecule has 1 N–H and O–H groups in total. The third kappa shape index (κ3) is 5.25. The second-order valence-corrected chi connectivity index (χ2v) is 6.92. The molecule has 1 aliphatic carbocycles. The van der Waals surface area contributed by atoms with Gasteiger partial charge in [-0.1, -0.05) is 43.6 Å². The zero-order chi connectivity index (χ0) is 19.8. The molecule has 6 nitrogen and oxygen atoms in total. The Morgan fingerprint density at radius 2 is 2.00 bits per heavy atom. The van der Waals surface area contributed by atoms with Crippen molar-refractivity contribution in [3.8, 4) is 11.5 Å². The minimum absolute atomic E-state index is 0.0103. The van der Waals surface area contributed by atoms with Crippen LogP contribution < -0.4 is 0 Å². The molecule has 2 aromatic rings. The Morgan fingerprint density at radius 3 is 2.79 bits per heavy atom. The zero-order valence-corrected chi connectivity index (χ0v) is 15.7. The highest BCUT2D eigenvalue weighted by molar-refractivity contribution is 5.95. The predicted octanol–water partition coefficient (Wildman–Crippen LogP) is 5.09. The van der Waals surface area contributed by atoms with E-state index in [2.05, 4.69) is 34.3 Å². The van der Waals surface area contributed by atoms with E-state index < -0.39 is 5.97 Å². The van der Waals surface area contributed by atoms with E-state index in [1.165, 1.54) is 30.9 Å². The number of hydrogen-bond acceptors (Lipinski definition) is 5. The number of Topliss-reactive ketones (excluding diaryl/α,β-unsaturated/α-hetero) is 1. The van der Waals surface area contributed by atoms with Crippen molar-refractivity contribution in [3.63, 3.8) is 0 Å². The lowest BCUT2D eigenvalue weighted by molar-refractivity contribution is 0.0697. The number of pyridine rings is 1. The number of aromatic nitrogens is 2. The number of hydrogen-bond donors (Lipinski definition) is 1. The molecule has 0 saturated heterocycles. The number of rotatable bonds is 10. The Labute approximate surface area is 164 Å². The number of carboxylic acid groups (broad SMARTS) is 1. The van der Waals surface area contributed by atoms with Gasteiger partial charge in [0.25, 0.3) is 5.89 Å². The van der Waals surface area contributed by atoms with E-state index in [1.54, 1.807) is 0 Å². The van der Waals surface area contributed by atoms with E-state index in [1.807, 2.05) is 0 Å². The minimum Gasteiger partial charge on any atom is -0.478 e. The van der Waals surface area contributed by atoms with Crippen molar-refractivity contribution in [3.05, 3.63) is 60.3 Å². The molecule has 3 rings (SSSR count). The molecule has 1 unspecified atom stereocenters. The van der Waals surface area contributed by atoms with Crippen molar-refractivity contribution >= 4 is 11.8 Å². The average Bonchev–Trinajstić information content (AvgIpc) is 3.21. The number of nitrogens with zero attached hydrogens (tertiary/aromatic N) is 2. The van der Waals surface area contributed by atoms with Crippen LogP contribution in [0.4, 0.5) is 0 Å². The molecule has 0 fully saturated rings. The summed E-state index contributed by atoms with van der Waals surface area (Å²) in [5.74, 6) is -0.418. The van der Waals surface area contributed by atoms with Crippen LogP contribution >= 0.6 is 0 Å². The number of aromatic carboxylic acids is 1. The largest absolute Gasteiger partial charge is 0.478 e. The van der Waals surface area contributed by atoms with Gasteiger partial charge < -0.3 is 9.52 Å². The molecule has 1 aliphatic rings. The summed E-state index contributed by atoms with van der Waals surface area (Å²) in [5.41, 5.74) is 0.189. The highest BCUT2D eigenvalue weighted by Crippen LogP contribution is 2.23. The molecule has 0 amide bonds. The first-order chi connectivity index (χ1) is 13.6. The van der Waals surface area contributed by atoms with Gasteiger partial charge in [-0.3, -0.25) is 9.78 Å². The summed E-state index contributed by atoms with van der Waals surface area (Å²) in [6, 6.07) is 2.98. The first-order valence-electron chi connectivity index (χ1n) is 9.66. The second-order valence-electron chi connectivity index (χ2n) is 6.92. The summed E-state index contributed by atoms with van der Waals surface area (Å²) >= 11 is 0. The molecule has 146 valence electrons. The second kappa shape index (κ2) is 9.78. The van der Waals surface area contributed by atoms with Crippen LogP contribution in [0.1, 0.15) is 66.0 Å². The molecule has 1 atom stereocenters. The Bertz CT molecular complexity index is 882. The third-order valence-corrected chi connectivity index (χ3v) is 4.81. The van der Waals surface area contributed by atoms with Gasteiger partial charge in [-0.05, 0) is 37.3 Å². The molecular weight excluding hydrogens is 356 g/mol. The molecule has 0 saturated carbocycles. The fraction of sp³-hybridized carbons (Fsp3) is 0.364. The first kappa shape index (κ1) is 19.7. The predicted molar refractivity (Wildman–Crippen MR) is 105 cm³/mol. The molecular formula is C22H24N2O4. The highest BCUT2D eigenvalue weighted by Gasteiger charge is 2.19. The van der Waals surface area contributed by atoms with Gasteiger partial charge in [0.05, 0.1) is 11.8 Å². The average molecular weight is 380 g/mol. The monoisotopic (exact) mass is 380 g/mol. The van der Waals surface area contributed by atoms with Gasteiger partial charge in [-0.15, -0.1) is 0 Å². The maximum absolute atomic E-state index is 12.3. The molecule has 2 aromatic heterocycles. The summed E-state index contributed by atoms with van der Waals surface area (Å²) in [4.78, 5) is 31.6. The van der Waals surface area contributed by atoms with E-state index in [4.69, 9.17) is 4.42 Å². The summed E-state index contributed by atoms with van der Waals surface area (Å²) in [7, 11) is 0. The Hall–Kier alpha value is -3.02. The van der Waals surface area contributed by atoms with Crippen LogP contribution in [-0.2, 0) is 0 Å². The number of ketones is 1. The topological polar surface area (TPSA) is 93.3 Å². The number of carbonyl (C=O) groups is 2. The van der Waals surface area contributed by atoms with Crippen molar-refractivity contribution in [1.82, 2.24) is 9.97 Å². The van der Waals surface area contributed by atoms with Crippen LogP contribution in [0.3, 0.4) is 0 Å². The third-order valence-electron chi connectivity index (χ3n) is 4.81. The summed E-state index contributed by atoms with van der Waals surface area (Å²) in [5, 5.41) is 9.24. The Kier molecular flexibility index (Phi) is 6.89. The molecule has 0 aromatic carbocycles. The lowest BCUT2D eigenvalue weighted by atomic mass is 9.94. The van der Waals surface area contributed by atoms with Gasteiger partial charge in [0, 0.05) is 12.6 Å². The van der Waals surface area contributed by atoms with Gasteiger partial charge in [0.15, 0.2) is 5.76 Å². The molecule has 6 heteroatoms. The molecule has 0 radical (unpaired) electrons. The summed E-state index contributed by atoms with van der Waals surface area (Å²) < 4.78 is 5.48. The number of carbonyl (C=O) groups excluding carboxylic acids is 1. The lowest BCUT2D eigenvalue weighted by Gasteiger charge is -2.12. The van der Waals surface area contributed by atoms with Crippen LogP contribution in [0.15, 0.2) is 53.2 Å². The van der Waals surface area contributed by atoms with Crippen molar-refractivity contribution in [2.24, 2.45) is 5.92 Å². The van der Waals surface area contributed by atoms with Gasteiger partial charge in [-0.2, -0.15) is 0 Å². The number of unbranched alkanes of at least 4 members (excludes halogenated alkanes) is 3. The molecule has 0 aliphatic heterocycles. The molecule has 0 bridgehead atoms. The van der Waals surface area contributed by atoms with E-state index in [-0.39, 0.29) is 28.7 Å². The van der Waals surface area contributed by atoms with Crippen molar-refractivity contribution < 1.29 is 19.1 Å². The zero-order valence-electron chi connectivity index (χ0n) is 15.7. The maximum Gasteiger partial charge on any atom is 0.338 e. The quantitative estimate of drug-likeness (QED) is 0.456. The van der Waals surface area contributed by atoms with E-state index in [0.29, 0.717) is 12.3 Å². The van der Waals surface area contributed by atoms with E-state index >= 15 is 0 Å². The number of carboxylic acids is 1. The molecule has 0 spiro atoms. The fourth-order valence-corrected chi connectivity index (χ4v) is 3.29. The maximum atomic E-state index is 12.3. The summed E-state index contributed by atoms with van der Waals surface area (Å²) in [6.45, 7) is 0. The van der Waals surface area contributed by atoms with Gasteiger partial charge in [0.1, 0.15) is 5.69 Å². The van der Waals surface area contributed by atoms with Crippen LogP contribution in [0.2, 0.25) is 0 Å². The van der Waals surface area contributed by atoms with Crippen LogP contribution in [0, 0.1) is 5.92 Å². The normalized spacial score (nSPS) is 15.6. The van der Waals surface area contributed by atoms with Crippen LogP contribution in [0.25, 0.3) is 11.5 Å². The minimum atomic E-state index is -1.10. The fourth-order valence-electron chi connectivity index (χ4n) is 3.29. The molecule has 28 heavy (non-hydrogen) atoms. The highest BCUT2D eigenvalue weighted by atomic mass is 16.4. The standard InChI is InChI=1S/C22H24N2O4/c25-18(13-7-2-1-4-9-16-10-5-3-6-11-16)21-24-15-19(28-21)20-17(22(26)27)12-8-14-23-20/h3,5-6,8,10,12,14-16H,1-2,4,7,9,11,13H2,(H,26,27). The van der Waals surface area contributed by atoms with Crippen molar-refractivity contribution in [2.75, 3.05) is 0 Å². The van der Waals surface area contributed by atoms with Crippen LogP contribution in [-0.4, -0.2) is 26.8 Å². The number of allylic oxidation sites excluding steroid dienone is 4. The Morgan fingerprint density at radius 1 is 1.14 bits per heavy atom. The van der Waals surface area contributed by atoms with Gasteiger partial charge in [0.2, 0.25) is 5.78 Å². The van der Waals surface area contributed by atoms with Gasteiger partial charge >= 0.3 is 5.97 Å². The van der Waals surface area contributed by atoms with Crippen LogP contribution in [0.5, 0.6) is 0 Å². The lowest BCUT2D eigenvalue weighted by Crippen LogP contribution is -2.01. The van der Waals surface area contributed by atoms with Crippen molar-refractivity contribution in [1.29, 1.82) is 0 Å². The molecule has 2 heterocycles.